The van der Waals surface area contributed by atoms with Crippen LogP contribution in [-0.4, -0.2) is 46.4 Å². The zero-order valence-electron chi connectivity index (χ0n) is 22.7. The summed E-state index contributed by atoms with van der Waals surface area (Å²) in [6.45, 7) is 3.98. The van der Waals surface area contributed by atoms with Crippen LogP contribution in [0.15, 0.2) is 59.4 Å². The van der Waals surface area contributed by atoms with Crippen LogP contribution in [0.5, 0.6) is 5.88 Å². The summed E-state index contributed by atoms with van der Waals surface area (Å²) in [6.07, 6.45) is 13.6. The molecule has 0 saturated heterocycles. The van der Waals surface area contributed by atoms with Crippen molar-refractivity contribution < 1.29 is 14.2 Å². The largest absolute Gasteiger partial charge is 0.463 e. The molecule has 38 heavy (non-hydrogen) atoms. The minimum absolute atomic E-state index is 0.288. The monoisotopic (exact) mass is 535 g/mol. The minimum Gasteiger partial charge on any atom is -0.463 e. The number of benzene rings is 1. The van der Waals surface area contributed by atoms with Crippen molar-refractivity contribution in [3.63, 3.8) is 0 Å². The smallest absolute Gasteiger partial charge is 0.246 e. The molecule has 3 N–H and O–H groups in total. The Hall–Kier alpha value is -2.96. The second-order valence-electron chi connectivity index (χ2n) is 11.5. The van der Waals surface area contributed by atoms with Crippen LogP contribution in [0.25, 0.3) is 0 Å². The molecule has 1 aromatic heterocycles. The second-order valence-corrected chi connectivity index (χ2v) is 13.8. The normalized spacial score (nSPS) is 25.9. The van der Waals surface area contributed by atoms with Crippen LogP contribution in [0.2, 0.25) is 0 Å². The number of fused-ring (bicyclic) bond motifs is 1. The fourth-order valence-corrected chi connectivity index (χ4v) is 7.79. The zero-order chi connectivity index (χ0) is 27.1. The van der Waals surface area contributed by atoms with Gasteiger partial charge in [-0.3, -0.25) is 4.57 Å². The molecular weight excluding hydrogens is 497 g/mol. The lowest BCUT2D eigenvalue weighted by Crippen LogP contribution is -2.41. The number of aromatic nitrogens is 2. The van der Waals surface area contributed by atoms with E-state index in [-0.39, 0.29) is 5.92 Å². The van der Waals surface area contributed by atoms with Gasteiger partial charge in [-0.05, 0) is 93.5 Å². The second kappa shape index (κ2) is 10.3. The van der Waals surface area contributed by atoms with E-state index in [2.05, 4.69) is 28.2 Å². The van der Waals surface area contributed by atoms with Crippen LogP contribution in [0, 0.1) is 17.8 Å². The summed E-state index contributed by atoms with van der Waals surface area (Å²) in [6, 6.07) is 7.45. The lowest BCUT2D eigenvalue weighted by molar-refractivity contribution is 0.171. The van der Waals surface area contributed by atoms with Crippen LogP contribution in [-0.2, 0) is 4.57 Å². The van der Waals surface area contributed by atoms with Crippen LogP contribution in [0.3, 0.4) is 0 Å². The third-order valence-electron chi connectivity index (χ3n) is 8.14. The van der Waals surface area contributed by atoms with Crippen molar-refractivity contribution in [2.75, 3.05) is 30.9 Å². The Morgan fingerprint density at radius 1 is 1.13 bits per heavy atom. The van der Waals surface area contributed by atoms with Crippen LogP contribution < -0.4 is 20.7 Å². The van der Waals surface area contributed by atoms with E-state index in [1.165, 1.54) is 6.33 Å². The molecule has 1 saturated carbocycles. The predicted molar refractivity (Wildman–Crippen MR) is 154 cm³/mol. The van der Waals surface area contributed by atoms with Gasteiger partial charge >= 0.3 is 0 Å². The Morgan fingerprint density at radius 2 is 1.84 bits per heavy atom. The van der Waals surface area contributed by atoms with Crippen LogP contribution >= 0.6 is 7.37 Å². The summed E-state index contributed by atoms with van der Waals surface area (Å²) in [7, 11) is 0.570. The van der Waals surface area contributed by atoms with E-state index in [9.17, 15) is 9.46 Å². The maximum absolute atomic E-state index is 13.2. The molecule has 3 aliphatic rings. The highest BCUT2D eigenvalue weighted by Gasteiger charge is 2.37. The fourth-order valence-electron chi connectivity index (χ4n) is 5.90. The fraction of sp³-hybridized carbons (Fsp3) is 0.483. The number of anilines is 2. The lowest BCUT2D eigenvalue weighted by Gasteiger charge is -2.36. The molecule has 2 unspecified atom stereocenters. The SMILES string of the molecule is CN(C)c1ccc(P(=O)(O)CC2CCC(C3C=CC(C4=Nc5c(N)ncnc5OC4(C)C)=CC3)CC2)cc1. The van der Waals surface area contributed by atoms with Crippen molar-refractivity contribution in [1.29, 1.82) is 0 Å². The maximum Gasteiger partial charge on any atom is 0.246 e. The van der Waals surface area contributed by atoms with Gasteiger partial charge in [-0.15, -0.1) is 0 Å². The highest BCUT2D eigenvalue weighted by atomic mass is 31.2. The molecule has 5 rings (SSSR count). The summed E-state index contributed by atoms with van der Waals surface area (Å²) in [5, 5.41) is 0.562. The molecule has 8 nitrogen and oxygen atoms in total. The number of hydrogen-bond acceptors (Lipinski definition) is 7. The highest BCUT2D eigenvalue weighted by molar-refractivity contribution is 7.66. The van der Waals surface area contributed by atoms with Gasteiger partial charge in [0.15, 0.2) is 11.5 Å². The topological polar surface area (TPSA) is 114 Å². The molecule has 0 amide bonds. The number of hydrogen-bond donors (Lipinski definition) is 2. The van der Waals surface area contributed by atoms with E-state index in [0.29, 0.717) is 40.7 Å². The Bertz CT molecular complexity index is 1320. The van der Waals surface area contributed by atoms with E-state index in [0.717, 1.165) is 49.1 Å². The number of nitrogens with zero attached hydrogens (tertiary/aromatic N) is 4. The van der Waals surface area contributed by atoms with Gasteiger partial charge in [0.05, 0.1) is 5.71 Å². The van der Waals surface area contributed by atoms with Crippen molar-refractivity contribution in [2.45, 2.75) is 51.6 Å². The van der Waals surface area contributed by atoms with Gasteiger partial charge in [0, 0.05) is 31.2 Å². The van der Waals surface area contributed by atoms with E-state index < -0.39 is 13.0 Å². The van der Waals surface area contributed by atoms with Gasteiger partial charge in [0.2, 0.25) is 13.2 Å². The quantitative estimate of drug-likeness (QED) is 0.484. The highest BCUT2D eigenvalue weighted by Crippen LogP contribution is 2.47. The van der Waals surface area contributed by atoms with Gasteiger partial charge < -0.3 is 20.3 Å². The average molecular weight is 536 g/mol. The summed E-state index contributed by atoms with van der Waals surface area (Å²) < 4.78 is 19.3. The first-order chi connectivity index (χ1) is 18.0. The van der Waals surface area contributed by atoms with Crippen molar-refractivity contribution in [2.24, 2.45) is 22.7 Å². The van der Waals surface area contributed by atoms with Crippen molar-refractivity contribution in [3.05, 3.63) is 54.4 Å². The van der Waals surface area contributed by atoms with Gasteiger partial charge in [0.1, 0.15) is 11.9 Å². The summed E-state index contributed by atoms with van der Waals surface area (Å²) in [5.41, 5.74) is 8.81. The number of aliphatic imine (C=N–C) groups is 1. The first-order valence-electron chi connectivity index (χ1n) is 13.4. The molecular formula is C29H38N5O3P. The average Bonchev–Trinajstić information content (AvgIpc) is 2.88. The summed E-state index contributed by atoms with van der Waals surface area (Å²) in [5.74, 6) is 2.07. The number of ether oxygens (including phenoxy) is 1. The molecule has 2 atom stereocenters. The Balaban J connectivity index is 1.19. The van der Waals surface area contributed by atoms with Gasteiger partial charge in [-0.2, -0.15) is 4.98 Å². The number of allylic oxidation sites excluding steroid dienone is 3. The minimum atomic E-state index is -3.36. The molecule has 2 aliphatic carbocycles. The Morgan fingerprint density at radius 3 is 2.47 bits per heavy atom. The summed E-state index contributed by atoms with van der Waals surface area (Å²) >= 11 is 0. The number of nitrogen functional groups attached to an aromatic ring is 1. The zero-order valence-corrected chi connectivity index (χ0v) is 23.6. The molecule has 0 bridgehead atoms. The standard InChI is InChI=1S/C29H38N5O3P/c1-29(2)26(33-25-27(30)31-18-32-28(25)37-29)22-11-9-21(10-12-22)20-7-5-19(6-8-20)17-38(35,36)24-15-13-23(14-16-24)34(3)4/h9,11-16,18-21H,5-8,10,17H2,1-4H3,(H,35,36)(H2,30,31,32). The first kappa shape index (κ1) is 26.6. The van der Waals surface area contributed by atoms with Gasteiger partial charge in [-0.1, -0.05) is 18.2 Å². The van der Waals surface area contributed by atoms with Gasteiger partial charge in [-0.25, -0.2) is 9.98 Å². The lowest BCUT2D eigenvalue weighted by atomic mass is 9.73. The molecule has 2 heterocycles. The molecule has 1 fully saturated rings. The molecule has 2 aromatic rings. The van der Waals surface area contributed by atoms with Gasteiger partial charge in [0.25, 0.3) is 0 Å². The Kier molecular flexibility index (Phi) is 7.23. The van der Waals surface area contributed by atoms with E-state index in [4.69, 9.17) is 15.5 Å². The van der Waals surface area contributed by atoms with E-state index in [1.807, 2.05) is 45.0 Å². The van der Waals surface area contributed by atoms with E-state index in [1.54, 1.807) is 12.1 Å². The molecule has 0 radical (unpaired) electrons. The maximum atomic E-state index is 13.2. The molecule has 9 heteroatoms. The number of rotatable bonds is 6. The predicted octanol–water partition coefficient (Wildman–Crippen LogP) is 5.27. The van der Waals surface area contributed by atoms with Crippen molar-refractivity contribution in [3.8, 4) is 5.88 Å². The third-order valence-corrected chi connectivity index (χ3v) is 10.3. The molecule has 202 valence electrons. The van der Waals surface area contributed by atoms with Crippen LogP contribution in [0.4, 0.5) is 17.2 Å². The summed E-state index contributed by atoms with van der Waals surface area (Å²) in [4.78, 5) is 25.9. The molecule has 1 aromatic carbocycles. The van der Waals surface area contributed by atoms with E-state index >= 15 is 0 Å². The van der Waals surface area contributed by atoms with Crippen LogP contribution in [0.1, 0.15) is 46.0 Å². The molecule has 0 spiro atoms. The first-order valence-corrected chi connectivity index (χ1v) is 15.2. The number of nitrogens with two attached hydrogens (primary N) is 1. The Labute approximate surface area is 225 Å². The van der Waals surface area contributed by atoms with Crippen molar-refractivity contribution >= 4 is 35.6 Å². The molecule has 1 aliphatic heterocycles. The third kappa shape index (κ3) is 5.43. The van der Waals surface area contributed by atoms with Crippen molar-refractivity contribution in [1.82, 2.24) is 9.97 Å².